The van der Waals surface area contributed by atoms with Gasteiger partial charge < -0.3 is 15.5 Å². The van der Waals surface area contributed by atoms with Gasteiger partial charge in [0.1, 0.15) is 16.4 Å². The number of fused-ring (bicyclic) bond motifs is 1. The fourth-order valence-electron chi connectivity index (χ4n) is 3.31. The van der Waals surface area contributed by atoms with E-state index in [0.717, 1.165) is 52.8 Å². The van der Waals surface area contributed by atoms with E-state index in [-0.39, 0.29) is 12.0 Å². The number of nitrogens with zero attached hydrogens (tertiary/aromatic N) is 1. The van der Waals surface area contributed by atoms with Crippen molar-refractivity contribution in [3.05, 3.63) is 43.8 Å². The van der Waals surface area contributed by atoms with E-state index in [2.05, 4.69) is 37.7 Å². The van der Waals surface area contributed by atoms with E-state index in [0.29, 0.717) is 5.15 Å². The third-order valence-corrected chi connectivity index (χ3v) is 6.35. The molecule has 24 heavy (non-hydrogen) atoms. The smallest absolute Gasteiger partial charge is 0.177 e. The molecule has 0 aliphatic heterocycles. The molecule has 0 unspecified atom stereocenters. The minimum absolute atomic E-state index is 0.139. The summed E-state index contributed by atoms with van der Waals surface area (Å²) in [5.74, 6) is 1.13. The summed E-state index contributed by atoms with van der Waals surface area (Å²) in [6, 6.07) is 6.09. The molecular formula is C17H17BrClN3OS. The highest BCUT2D eigenvalue weighted by Crippen LogP contribution is 2.43. The Kier molecular flexibility index (Phi) is 4.56. The summed E-state index contributed by atoms with van der Waals surface area (Å²) in [6.45, 7) is 0.726. The maximum absolute atomic E-state index is 6.25. The summed E-state index contributed by atoms with van der Waals surface area (Å²) in [6.07, 6.45) is 3.21. The van der Waals surface area contributed by atoms with Crippen LogP contribution < -0.4 is 11.1 Å². The molecule has 126 valence electrons. The van der Waals surface area contributed by atoms with Crippen molar-refractivity contribution in [3.63, 3.8) is 0 Å². The normalized spacial score (nSPS) is 20.8. The van der Waals surface area contributed by atoms with E-state index >= 15 is 0 Å². The monoisotopic (exact) mass is 425 g/mol. The predicted molar refractivity (Wildman–Crippen MR) is 103 cm³/mol. The van der Waals surface area contributed by atoms with Crippen LogP contribution in [0.1, 0.15) is 35.8 Å². The lowest BCUT2D eigenvalue weighted by Crippen LogP contribution is -2.22. The number of rotatable bonds is 4. The first-order chi connectivity index (χ1) is 11.6. The summed E-state index contributed by atoms with van der Waals surface area (Å²) in [4.78, 5) is 5.69. The number of anilines is 1. The lowest BCUT2D eigenvalue weighted by molar-refractivity contribution is 0.464. The molecule has 1 aliphatic carbocycles. The Hall–Kier alpha value is -1.08. The fraction of sp³-hybridized carbons (Fsp3) is 0.353. The Bertz CT molecular complexity index is 864. The van der Waals surface area contributed by atoms with Crippen molar-refractivity contribution in [1.82, 2.24) is 4.98 Å². The lowest BCUT2D eigenvalue weighted by Gasteiger charge is -2.12. The van der Waals surface area contributed by atoms with E-state index < -0.39 is 0 Å². The van der Waals surface area contributed by atoms with Crippen LogP contribution in [0.3, 0.4) is 0 Å². The standard InChI is InChI=1S/C17H17BrClN3OS/c18-14-15-17(23-16(14)10-4-1-5-11(10)20)12(7-13(19)22-15)21-8-9-3-2-6-24-9/h2-3,6-7,10-11H,1,4-5,8,20H2,(H,21,22)/t10-,11+/m1/s1. The van der Waals surface area contributed by atoms with Crippen molar-refractivity contribution in [2.24, 2.45) is 5.73 Å². The number of nitrogens with two attached hydrogens (primary N) is 1. The highest BCUT2D eigenvalue weighted by molar-refractivity contribution is 9.10. The molecule has 1 saturated carbocycles. The van der Waals surface area contributed by atoms with E-state index in [9.17, 15) is 0 Å². The molecule has 4 rings (SSSR count). The number of halogens is 2. The van der Waals surface area contributed by atoms with Gasteiger partial charge in [0.2, 0.25) is 0 Å². The lowest BCUT2D eigenvalue weighted by atomic mass is 10.0. The van der Waals surface area contributed by atoms with Gasteiger partial charge in [0.25, 0.3) is 0 Å². The minimum Gasteiger partial charge on any atom is -0.456 e. The maximum Gasteiger partial charge on any atom is 0.177 e. The van der Waals surface area contributed by atoms with Crippen molar-refractivity contribution in [2.45, 2.75) is 37.8 Å². The molecule has 3 aromatic rings. The number of furan rings is 1. The molecule has 0 saturated heterocycles. The molecule has 0 radical (unpaired) electrons. The van der Waals surface area contributed by atoms with Crippen molar-refractivity contribution >= 4 is 55.7 Å². The van der Waals surface area contributed by atoms with Crippen molar-refractivity contribution in [2.75, 3.05) is 5.32 Å². The maximum atomic E-state index is 6.25. The number of hydrogen-bond donors (Lipinski definition) is 2. The van der Waals surface area contributed by atoms with Gasteiger partial charge in [0.05, 0.1) is 10.2 Å². The van der Waals surface area contributed by atoms with Gasteiger partial charge in [-0.1, -0.05) is 24.1 Å². The molecule has 1 aliphatic rings. The SMILES string of the molecule is N[C@H]1CCC[C@H]1c1oc2c(NCc3cccs3)cc(Cl)nc2c1Br. The molecule has 7 heteroatoms. The summed E-state index contributed by atoms with van der Waals surface area (Å²) >= 11 is 11.6. The molecule has 0 aromatic carbocycles. The largest absolute Gasteiger partial charge is 0.456 e. The molecule has 0 amide bonds. The van der Waals surface area contributed by atoms with Crippen LogP contribution >= 0.6 is 38.9 Å². The quantitative estimate of drug-likeness (QED) is 0.540. The van der Waals surface area contributed by atoms with Crippen LogP contribution in [0.2, 0.25) is 5.15 Å². The van der Waals surface area contributed by atoms with Gasteiger partial charge in [-0.2, -0.15) is 0 Å². The van der Waals surface area contributed by atoms with Gasteiger partial charge in [-0.25, -0.2) is 4.98 Å². The Morgan fingerprint density at radius 1 is 1.46 bits per heavy atom. The van der Waals surface area contributed by atoms with Gasteiger partial charge in [-0.15, -0.1) is 11.3 Å². The summed E-state index contributed by atoms with van der Waals surface area (Å²) < 4.78 is 7.08. The van der Waals surface area contributed by atoms with Crippen LogP contribution in [0.4, 0.5) is 5.69 Å². The fourth-order valence-corrected chi connectivity index (χ4v) is 4.79. The second kappa shape index (κ2) is 6.67. The molecule has 3 aromatic heterocycles. The Labute approximate surface area is 157 Å². The van der Waals surface area contributed by atoms with Crippen molar-refractivity contribution in [1.29, 1.82) is 0 Å². The first kappa shape index (κ1) is 16.4. The molecule has 3 N–H and O–H groups in total. The summed E-state index contributed by atoms with van der Waals surface area (Å²) in [5.41, 5.74) is 8.60. The first-order valence-electron chi connectivity index (χ1n) is 7.93. The molecule has 0 bridgehead atoms. The van der Waals surface area contributed by atoms with E-state index in [4.69, 9.17) is 21.8 Å². The minimum atomic E-state index is 0.139. The van der Waals surface area contributed by atoms with E-state index in [1.54, 1.807) is 11.3 Å². The molecule has 4 nitrogen and oxygen atoms in total. The first-order valence-corrected chi connectivity index (χ1v) is 9.99. The third kappa shape index (κ3) is 2.96. The molecule has 2 atom stereocenters. The number of hydrogen-bond acceptors (Lipinski definition) is 5. The van der Waals surface area contributed by atoms with Gasteiger partial charge in [-0.05, 0) is 40.2 Å². The second-order valence-electron chi connectivity index (χ2n) is 6.08. The molecular weight excluding hydrogens is 410 g/mol. The second-order valence-corrected chi connectivity index (χ2v) is 8.30. The van der Waals surface area contributed by atoms with Crippen molar-refractivity contribution < 1.29 is 4.42 Å². The van der Waals surface area contributed by atoms with Crippen LogP contribution in [-0.4, -0.2) is 11.0 Å². The van der Waals surface area contributed by atoms with Crippen LogP contribution in [0.15, 0.2) is 32.5 Å². The highest BCUT2D eigenvalue weighted by Gasteiger charge is 2.32. The van der Waals surface area contributed by atoms with E-state index in [1.165, 1.54) is 4.88 Å². The number of thiophene rings is 1. The zero-order chi connectivity index (χ0) is 16.7. The number of nitrogens with one attached hydrogen (secondary N) is 1. The molecule has 1 fully saturated rings. The zero-order valence-electron chi connectivity index (χ0n) is 12.9. The van der Waals surface area contributed by atoms with Crippen LogP contribution in [0.5, 0.6) is 0 Å². The van der Waals surface area contributed by atoms with Gasteiger partial charge >= 0.3 is 0 Å². The van der Waals surface area contributed by atoms with Crippen molar-refractivity contribution in [3.8, 4) is 0 Å². The predicted octanol–water partition coefficient (Wildman–Crippen LogP) is 5.51. The van der Waals surface area contributed by atoms with Crippen LogP contribution in [0, 0.1) is 0 Å². The summed E-state index contributed by atoms with van der Waals surface area (Å²) in [7, 11) is 0. The zero-order valence-corrected chi connectivity index (χ0v) is 16.0. The number of pyridine rings is 1. The molecule has 3 heterocycles. The van der Waals surface area contributed by atoms with Gasteiger partial charge in [-0.3, -0.25) is 0 Å². The Morgan fingerprint density at radius 2 is 2.33 bits per heavy atom. The summed E-state index contributed by atoms with van der Waals surface area (Å²) in [5, 5.41) is 5.92. The highest BCUT2D eigenvalue weighted by atomic mass is 79.9. The van der Waals surface area contributed by atoms with Crippen LogP contribution in [-0.2, 0) is 6.54 Å². The third-order valence-electron chi connectivity index (χ3n) is 4.52. The molecule has 0 spiro atoms. The Balaban J connectivity index is 1.73. The van der Waals surface area contributed by atoms with Crippen LogP contribution in [0.25, 0.3) is 11.1 Å². The van der Waals surface area contributed by atoms with E-state index in [1.807, 2.05) is 12.1 Å². The topological polar surface area (TPSA) is 64.1 Å². The van der Waals surface area contributed by atoms with Gasteiger partial charge in [0, 0.05) is 29.4 Å². The Morgan fingerprint density at radius 3 is 3.04 bits per heavy atom. The number of aromatic nitrogens is 1. The average Bonchev–Trinajstić information content (AvgIpc) is 3.27. The average molecular weight is 427 g/mol. The van der Waals surface area contributed by atoms with Gasteiger partial charge in [0.15, 0.2) is 5.58 Å².